The lowest BCUT2D eigenvalue weighted by atomic mass is 10.4. The van der Waals surface area contributed by atoms with E-state index < -0.39 is 0 Å². The molecule has 0 radical (unpaired) electrons. The molecule has 0 atom stereocenters. The first kappa shape index (κ1) is 14.5. The maximum Gasteiger partial charge on any atom is 0.357 e. The molecule has 0 amide bonds. The first-order valence-electron chi connectivity index (χ1n) is 4.40. The van der Waals surface area contributed by atoms with E-state index in [2.05, 4.69) is 24.3 Å². The van der Waals surface area contributed by atoms with Crippen LogP contribution in [0.2, 0.25) is 10.0 Å². The van der Waals surface area contributed by atoms with Crippen LogP contribution in [0.3, 0.4) is 0 Å². The number of hydrogen-bond acceptors (Lipinski definition) is 0. The molecule has 0 spiro atoms. The molecule has 0 N–H and O–H groups in total. The van der Waals surface area contributed by atoms with Crippen molar-refractivity contribution in [3.05, 3.63) is 65.7 Å². The summed E-state index contributed by atoms with van der Waals surface area (Å²) >= 11 is 11.5. The molecule has 0 nitrogen and oxygen atoms in total. The Balaban J connectivity index is 0.00000128. The van der Waals surface area contributed by atoms with Gasteiger partial charge in [0.1, 0.15) is 0 Å². The topological polar surface area (TPSA) is 0 Å². The van der Waals surface area contributed by atoms with Crippen molar-refractivity contribution in [2.24, 2.45) is 0 Å². The molecular formula is C12H8Cl2I2. The molecule has 16 heavy (non-hydrogen) atoms. The highest BCUT2D eigenvalue weighted by molar-refractivity contribution is 6.30. The van der Waals surface area contributed by atoms with E-state index in [1.165, 1.54) is 7.14 Å². The molecule has 2 rings (SSSR count). The number of hydrogen-bond donors (Lipinski definition) is 0. The minimum Gasteiger partial charge on any atom is -1.00 e. The van der Waals surface area contributed by atoms with Crippen molar-refractivity contribution in [3.8, 4) is 0 Å². The minimum absolute atomic E-state index is 0. The van der Waals surface area contributed by atoms with Gasteiger partial charge in [0.2, 0.25) is 0 Å². The molecule has 0 saturated heterocycles. The average Bonchev–Trinajstić information content (AvgIpc) is 2.25. The number of benzene rings is 2. The Hall–Kier alpha value is 0.480. The fourth-order valence-electron chi connectivity index (χ4n) is 1.11. The van der Waals surface area contributed by atoms with Gasteiger partial charge in [-0.2, -0.15) is 0 Å². The Bertz CT molecular complexity index is 394. The summed E-state index contributed by atoms with van der Waals surface area (Å²) in [5.74, 6) is 0. The maximum atomic E-state index is 5.83. The molecule has 0 aliphatic carbocycles. The Kier molecular flexibility index (Phi) is 6.39. The molecule has 2 aromatic carbocycles. The van der Waals surface area contributed by atoms with Crippen molar-refractivity contribution in [2.75, 3.05) is 0 Å². The minimum atomic E-state index is -0.114. The van der Waals surface area contributed by atoms with Crippen LogP contribution >= 0.6 is 23.2 Å². The van der Waals surface area contributed by atoms with Crippen molar-refractivity contribution in [1.82, 2.24) is 0 Å². The van der Waals surface area contributed by atoms with Gasteiger partial charge in [-0.15, -0.1) is 0 Å². The second-order valence-electron chi connectivity index (χ2n) is 2.97. The van der Waals surface area contributed by atoms with Crippen molar-refractivity contribution in [1.29, 1.82) is 0 Å². The summed E-state index contributed by atoms with van der Waals surface area (Å²) in [5, 5.41) is 1.58. The molecule has 84 valence electrons. The lowest BCUT2D eigenvalue weighted by Crippen LogP contribution is -3.61. The largest absolute Gasteiger partial charge is 1.00 e. The van der Waals surface area contributed by atoms with Crippen LogP contribution in [0.4, 0.5) is 0 Å². The first-order chi connectivity index (χ1) is 7.24. The van der Waals surface area contributed by atoms with E-state index in [-0.39, 0.29) is 45.2 Å². The second kappa shape index (κ2) is 7.03. The van der Waals surface area contributed by atoms with Gasteiger partial charge in [0.15, 0.2) is 7.14 Å². The van der Waals surface area contributed by atoms with Crippen LogP contribution in [0.5, 0.6) is 0 Å². The highest BCUT2D eigenvalue weighted by Crippen LogP contribution is 2.05. The summed E-state index contributed by atoms with van der Waals surface area (Å²) in [7, 11) is 0. The molecule has 0 bridgehead atoms. The van der Waals surface area contributed by atoms with E-state index in [1.54, 1.807) is 0 Å². The monoisotopic (exact) mass is 476 g/mol. The van der Waals surface area contributed by atoms with Crippen LogP contribution in [-0.2, 0) is 0 Å². The quantitative estimate of drug-likeness (QED) is 0.446. The fourth-order valence-corrected chi connectivity index (χ4v) is 3.52. The highest BCUT2D eigenvalue weighted by atomic mass is 127. The molecule has 0 saturated carbocycles. The fraction of sp³-hybridized carbons (Fsp3) is 0. The summed E-state index contributed by atoms with van der Waals surface area (Å²) in [6, 6.07) is 16.1. The van der Waals surface area contributed by atoms with Crippen molar-refractivity contribution >= 4 is 23.2 Å². The zero-order valence-electron chi connectivity index (χ0n) is 8.13. The zero-order valence-corrected chi connectivity index (χ0v) is 14.0. The van der Waals surface area contributed by atoms with E-state index in [0.29, 0.717) is 0 Å². The van der Waals surface area contributed by atoms with Gasteiger partial charge < -0.3 is 24.0 Å². The van der Waals surface area contributed by atoms with E-state index in [1.807, 2.05) is 24.3 Å². The van der Waals surface area contributed by atoms with Gasteiger partial charge in [-0.3, -0.25) is 0 Å². The summed E-state index contributed by atoms with van der Waals surface area (Å²) < 4.78 is 2.72. The van der Waals surface area contributed by atoms with E-state index >= 15 is 0 Å². The van der Waals surface area contributed by atoms with Gasteiger partial charge in [-0.25, -0.2) is 0 Å². The van der Waals surface area contributed by atoms with Gasteiger partial charge in [-0.1, -0.05) is 23.2 Å². The summed E-state index contributed by atoms with van der Waals surface area (Å²) in [6.07, 6.45) is 0. The highest BCUT2D eigenvalue weighted by Gasteiger charge is 2.14. The molecule has 0 aromatic heterocycles. The smallest absolute Gasteiger partial charge is 0.357 e. The third kappa shape index (κ3) is 4.39. The zero-order chi connectivity index (χ0) is 10.7. The van der Waals surface area contributed by atoms with Crippen molar-refractivity contribution < 1.29 is 45.2 Å². The summed E-state index contributed by atoms with van der Waals surface area (Å²) in [6.45, 7) is 0. The molecule has 4 heteroatoms. The standard InChI is InChI=1S/C12H8Cl2I.HI/c13-9-1-5-11(6-2-9)15-12-7-3-10(14)4-8-12;/h1-8H;1H/q+1;/p-1. The van der Waals surface area contributed by atoms with Crippen LogP contribution in [0.15, 0.2) is 48.5 Å². The Labute approximate surface area is 133 Å². The SMILES string of the molecule is Clc1ccc([I+]c2ccc(Cl)cc2)cc1.[I-]. The predicted octanol–water partition coefficient (Wildman–Crippen LogP) is -1.87. The first-order valence-corrected chi connectivity index (χ1v) is 7.31. The molecule has 0 heterocycles. The van der Waals surface area contributed by atoms with E-state index in [0.717, 1.165) is 10.0 Å². The van der Waals surface area contributed by atoms with Crippen molar-refractivity contribution in [2.45, 2.75) is 0 Å². The van der Waals surface area contributed by atoms with Crippen LogP contribution in [0.1, 0.15) is 0 Å². The molecule has 0 fully saturated rings. The van der Waals surface area contributed by atoms with Crippen LogP contribution in [-0.4, -0.2) is 0 Å². The van der Waals surface area contributed by atoms with Crippen LogP contribution < -0.4 is 45.2 Å². The molecular weight excluding hydrogens is 469 g/mol. The lowest BCUT2D eigenvalue weighted by molar-refractivity contribution is -0.597. The van der Waals surface area contributed by atoms with Gasteiger partial charge in [0, 0.05) is 10.0 Å². The third-order valence-electron chi connectivity index (χ3n) is 1.83. The average molecular weight is 477 g/mol. The Morgan fingerprint density at radius 2 is 0.938 bits per heavy atom. The van der Waals surface area contributed by atoms with E-state index in [4.69, 9.17) is 23.2 Å². The van der Waals surface area contributed by atoms with E-state index in [9.17, 15) is 0 Å². The lowest BCUT2D eigenvalue weighted by Gasteiger charge is -1.89. The van der Waals surface area contributed by atoms with Crippen LogP contribution in [0.25, 0.3) is 0 Å². The summed E-state index contributed by atoms with van der Waals surface area (Å²) in [5.41, 5.74) is 0. The Morgan fingerprint density at radius 1 is 0.625 bits per heavy atom. The Morgan fingerprint density at radius 3 is 1.25 bits per heavy atom. The van der Waals surface area contributed by atoms with Gasteiger partial charge >= 0.3 is 21.2 Å². The number of rotatable bonds is 2. The molecule has 2 aromatic rings. The van der Waals surface area contributed by atoms with Gasteiger partial charge in [0.05, 0.1) is 0 Å². The van der Waals surface area contributed by atoms with Gasteiger partial charge in [0.25, 0.3) is 0 Å². The third-order valence-corrected chi connectivity index (χ3v) is 5.01. The molecule has 0 aliphatic heterocycles. The maximum absolute atomic E-state index is 5.83. The van der Waals surface area contributed by atoms with Crippen LogP contribution in [0, 0.1) is 7.14 Å². The molecule has 0 aliphatic rings. The molecule has 0 unspecified atom stereocenters. The number of halogens is 4. The predicted molar refractivity (Wildman–Crippen MR) is 60.3 cm³/mol. The summed E-state index contributed by atoms with van der Waals surface area (Å²) in [4.78, 5) is 0. The normalized spacial score (nSPS) is 9.62. The van der Waals surface area contributed by atoms with Crippen molar-refractivity contribution in [3.63, 3.8) is 0 Å². The second-order valence-corrected chi connectivity index (χ2v) is 6.87. The van der Waals surface area contributed by atoms with Gasteiger partial charge in [-0.05, 0) is 48.5 Å².